The summed E-state index contributed by atoms with van der Waals surface area (Å²) in [6, 6.07) is 4.03. The van der Waals surface area contributed by atoms with E-state index in [1.807, 2.05) is 17.5 Å². The zero-order chi connectivity index (χ0) is 11.5. The van der Waals surface area contributed by atoms with Gasteiger partial charge in [-0.05, 0) is 45.4 Å². The zero-order valence-electron chi connectivity index (χ0n) is 8.84. The fourth-order valence-corrected chi connectivity index (χ4v) is 2.00. The second kappa shape index (κ2) is 10.7. The lowest BCUT2D eigenvalue weighted by molar-refractivity contribution is -0.111. The smallest absolute Gasteiger partial charge is 0.221 e. The fourth-order valence-electron chi connectivity index (χ4n) is 0.949. The van der Waals surface area contributed by atoms with Gasteiger partial charge in [0.25, 0.3) is 0 Å². The van der Waals surface area contributed by atoms with E-state index in [-0.39, 0.29) is 5.24 Å². The number of unbranched alkanes of at least 4 members (excludes halogenated alkanes) is 3. The Labute approximate surface area is 109 Å². The molecule has 0 bridgehead atoms. The van der Waals surface area contributed by atoms with Crippen LogP contribution in [0.25, 0.3) is 0 Å². The first-order valence-electron chi connectivity index (χ1n) is 5.04. The van der Waals surface area contributed by atoms with Gasteiger partial charge in [-0.3, -0.25) is 4.79 Å². The van der Waals surface area contributed by atoms with E-state index in [2.05, 4.69) is 22.9 Å². The SMILES string of the molecule is Brc1cccs1.CCCCCCC(=O)Cl. The maximum atomic E-state index is 10.2. The highest BCUT2D eigenvalue weighted by atomic mass is 79.9. The number of hydrogen-bond donors (Lipinski definition) is 0. The molecule has 1 aromatic rings. The van der Waals surface area contributed by atoms with Gasteiger partial charge in [-0.15, -0.1) is 11.3 Å². The van der Waals surface area contributed by atoms with Crippen molar-refractivity contribution in [1.82, 2.24) is 0 Å². The average Bonchev–Trinajstić information content (AvgIpc) is 2.65. The van der Waals surface area contributed by atoms with Crippen LogP contribution in [0.5, 0.6) is 0 Å². The molecule has 4 heteroatoms. The molecule has 0 spiro atoms. The Hall–Kier alpha value is 0.140. The van der Waals surface area contributed by atoms with Gasteiger partial charge in [0.2, 0.25) is 5.24 Å². The second-order valence-electron chi connectivity index (χ2n) is 3.08. The molecule has 1 rings (SSSR count). The summed E-state index contributed by atoms with van der Waals surface area (Å²) in [4.78, 5) is 10.2. The van der Waals surface area contributed by atoms with Crippen molar-refractivity contribution in [1.29, 1.82) is 0 Å². The van der Waals surface area contributed by atoms with Crippen molar-refractivity contribution in [3.05, 3.63) is 21.3 Å². The zero-order valence-corrected chi connectivity index (χ0v) is 12.0. The van der Waals surface area contributed by atoms with E-state index in [4.69, 9.17) is 11.6 Å². The van der Waals surface area contributed by atoms with E-state index in [0.717, 1.165) is 12.8 Å². The Balaban J connectivity index is 0.000000280. The Bertz CT molecular complexity index is 249. The predicted molar refractivity (Wildman–Crippen MR) is 71.6 cm³/mol. The van der Waals surface area contributed by atoms with Crippen LogP contribution in [-0.4, -0.2) is 5.24 Å². The van der Waals surface area contributed by atoms with Crippen LogP contribution in [0.3, 0.4) is 0 Å². The van der Waals surface area contributed by atoms with Gasteiger partial charge in [0, 0.05) is 6.42 Å². The molecule has 1 nitrogen and oxygen atoms in total. The maximum absolute atomic E-state index is 10.2. The first kappa shape index (κ1) is 15.1. The summed E-state index contributed by atoms with van der Waals surface area (Å²) in [5.74, 6) is 0. The van der Waals surface area contributed by atoms with Gasteiger partial charge in [0.05, 0.1) is 3.79 Å². The number of carbonyl (C=O) groups is 1. The van der Waals surface area contributed by atoms with E-state index in [1.165, 1.54) is 16.6 Å². The Morgan fingerprint density at radius 3 is 2.53 bits per heavy atom. The van der Waals surface area contributed by atoms with Crippen molar-refractivity contribution in [3.8, 4) is 0 Å². The lowest BCUT2D eigenvalue weighted by Gasteiger charge is -1.92. The number of hydrogen-bond acceptors (Lipinski definition) is 2. The van der Waals surface area contributed by atoms with Crippen molar-refractivity contribution >= 4 is 44.1 Å². The normalized spacial score (nSPS) is 9.27. The maximum Gasteiger partial charge on any atom is 0.221 e. The fraction of sp³-hybridized carbons (Fsp3) is 0.545. The largest absolute Gasteiger partial charge is 0.281 e. The highest BCUT2D eigenvalue weighted by molar-refractivity contribution is 9.11. The topological polar surface area (TPSA) is 17.1 Å². The van der Waals surface area contributed by atoms with Gasteiger partial charge in [-0.2, -0.15) is 0 Å². The molecular formula is C11H16BrClOS. The molecule has 86 valence electrons. The highest BCUT2D eigenvalue weighted by Crippen LogP contribution is 2.14. The van der Waals surface area contributed by atoms with Crippen molar-refractivity contribution in [2.75, 3.05) is 0 Å². The molecule has 0 aliphatic carbocycles. The van der Waals surface area contributed by atoms with E-state index in [0.29, 0.717) is 6.42 Å². The van der Waals surface area contributed by atoms with E-state index in [1.54, 1.807) is 11.3 Å². The van der Waals surface area contributed by atoms with Crippen LogP contribution in [0.4, 0.5) is 0 Å². The molecule has 0 N–H and O–H groups in total. The van der Waals surface area contributed by atoms with E-state index >= 15 is 0 Å². The summed E-state index contributed by atoms with van der Waals surface area (Å²) in [6.45, 7) is 2.14. The molecule has 1 aromatic heterocycles. The molecule has 15 heavy (non-hydrogen) atoms. The molecule has 0 saturated carbocycles. The Morgan fingerprint density at radius 2 is 2.20 bits per heavy atom. The van der Waals surface area contributed by atoms with Crippen molar-refractivity contribution in [2.45, 2.75) is 39.0 Å². The quantitative estimate of drug-likeness (QED) is 0.537. The van der Waals surface area contributed by atoms with Crippen molar-refractivity contribution in [2.24, 2.45) is 0 Å². The Morgan fingerprint density at radius 1 is 1.47 bits per heavy atom. The minimum Gasteiger partial charge on any atom is -0.281 e. The average molecular weight is 312 g/mol. The molecule has 0 fully saturated rings. The van der Waals surface area contributed by atoms with Gasteiger partial charge < -0.3 is 0 Å². The molecule has 1 heterocycles. The van der Waals surface area contributed by atoms with Gasteiger partial charge in [-0.25, -0.2) is 0 Å². The molecule has 0 unspecified atom stereocenters. The van der Waals surface area contributed by atoms with E-state index < -0.39 is 0 Å². The lowest BCUT2D eigenvalue weighted by Crippen LogP contribution is -1.84. The lowest BCUT2D eigenvalue weighted by atomic mass is 10.2. The predicted octanol–water partition coefficient (Wildman–Crippen LogP) is 5.23. The standard InChI is InChI=1S/C7H13ClO.C4H3BrS/c1-2-3-4-5-6-7(8)9;5-4-2-1-3-6-4/h2-6H2,1H3;1-3H. The number of rotatable bonds is 5. The van der Waals surface area contributed by atoms with Crippen LogP contribution < -0.4 is 0 Å². The molecule has 0 atom stereocenters. The number of thiophene rings is 1. The van der Waals surface area contributed by atoms with Crippen LogP contribution in [0.2, 0.25) is 0 Å². The number of halogens is 2. The van der Waals surface area contributed by atoms with Gasteiger partial charge >= 0.3 is 0 Å². The third-order valence-electron chi connectivity index (χ3n) is 1.71. The third-order valence-corrected chi connectivity index (χ3v) is 3.38. The minimum atomic E-state index is -0.203. The highest BCUT2D eigenvalue weighted by Gasteiger charge is 1.93. The van der Waals surface area contributed by atoms with Crippen LogP contribution in [0.1, 0.15) is 39.0 Å². The van der Waals surface area contributed by atoms with Crippen LogP contribution in [-0.2, 0) is 4.79 Å². The van der Waals surface area contributed by atoms with Gasteiger partial charge in [-0.1, -0.05) is 32.3 Å². The molecule has 0 aliphatic heterocycles. The van der Waals surface area contributed by atoms with Crippen molar-refractivity contribution < 1.29 is 4.79 Å². The third kappa shape index (κ3) is 12.1. The first-order chi connectivity index (χ1) is 7.16. The summed E-state index contributed by atoms with van der Waals surface area (Å²) in [5.41, 5.74) is 0. The molecule has 0 amide bonds. The van der Waals surface area contributed by atoms with Gasteiger partial charge in [0.1, 0.15) is 0 Å². The minimum absolute atomic E-state index is 0.203. The summed E-state index contributed by atoms with van der Waals surface area (Å²) in [6.07, 6.45) is 5.05. The molecule has 0 aromatic carbocycles. The first-order valence-corrected chi connectivity index (χ1v) is 7.09. The summed E-state index contributed by atoms with van der Waals surface area (Å²) < 4.78 is 1.20. The van der Waals surface area contributed by atoms with Crippen LogP contribution in [0.15, 0.2) is 21.3 Å². The molecule has 0 saturated heterocycles. The Kier molecular flexibility index (Phi) is 10.8. The van der Waals surface area contributed by atoms with Crippen LogP contribution >= 0.6 is 38.9 Å². The molecule has 0 aliphatic rings. The van der Waals surface area contributed by atoms with Crippen molar-refractivity contribution in [3.63, 3.8) is 0 Å². The monoisotopic (exact) mass is 310 g/mol. The van der Waals surface area contributed by atoms with E-state index in [9.17, 15) is 4.79 Å². The second-order valence-corrected chi connectivity index (χ2v) is 5.83. The summed E-state index contributed by atoms with van der Waals surface area (Å²) in [5, 5.41) is 1.83. The van der Waals surface area contributed by atoms with Crippen LogP contribution in [0, 0.1) is 0 Å². The number of carbonyl (C=O) groups excluding carboxylic acids is 1. The molecular weight excluding hydrogens is 296 g/mol. The van der Waals surface area contributed by atoms with Gasteiger partial charge in [0.15, 0.2) is 0 Å². The summed E-state index contributed by atoms with van der Waals surface area (Å²) >= 11 is 10.1. The summed E-state index contributed by atoms with van der Waals surface area (Å²) in [7, 11) is 0. The molecule has 0 radical (unpaired) electrons.